The van der Waals surface area contributed by atoms with Crippen LogP contribution in [-0.2, 0) is 24.4 Å². The molecule has 2 heterocycles. The lowest BCUT2D eigenvalue weighted by Crippen LogP contribution is -2.60. The van der Waals surface area contributed by atoms with Gasteiger partial charge in [0.05, 0.1) is 24.9 Å². The predicted molar refractivity (Wildman–Crippen MR) is 214 cm³/mol. The third-order valence-corrected chi connectivity index (χ3v) is 13.1. The second kappa shape index (κ2) is 15.7. The lowest BCUT2D eigenvalue weighted by Gasteiger charge is -2.35. The summed E-state index contributed by atoms with van der Waals surface area (Å²) in [5.41, 5.74) is -0.517. The molecule has 1 aliphatic heterocycles. The van der Waals surface area contributed by atoms with Crippen LogP contribution in [0.3, 0.4) is 0 Å². The minimum absolute atomic E-state index is 0.0316. The summed E-state index contributed by atoms with van der Waals surface area (Å²) in [7, 11) is -2.61. The number of hydrogen-bond acceptors (Lipinski definition) is 9. The van der Waals surface area contributed by atoms with E-state index in [0.29, 0.717) is 47.4 Å². The number of amides is 4. The molecule has 3 aliphatic rings. The van der Waals surface area contributed by atoms with Crippen molar-refractivity contribution in [3.05, 3.63) is 67.3 Å². The zero-order valence-electron chi connectivity index (χ0n) is 32.8. The van der Waals surface area contributed by atoms with Crippen LogP contribution in [-0.4, -0.2) is 89.4 Å². The molecule has 15 heteroatoms. The molecule has 1 aromatic heterocycles. The molecular weight excluding hydrogens is 751 g/mol. The van der Waals surface area contributed by atoms with Gasteiger partial charge in [0, 0.05) is 48.3 Å². The number of benzene rings is 2. The van der Waals surface area contributed by atoms with E-state index in [2.05, 4.69) is 33.8 Å². The molecule has 14 nitrogen and oxygen atoms in total. The first kappa shape index (κ1) is 41.0. The zero-order valence-corrected chi connectivity index (χ0v) is 33.6. The van der Waals surface area contributed by atoms with E-state index in [1.54, 1.807) is 52.1 Å². The summed E-state index contributed by atoms with van der Waals surface area (Å²) in [5.74, 6) is 3.92. The number of likely N-dealkylation sites (tertiary alicyclic amines) is 1. The van der Waals surface area contributed by atoms with Crippen LogP contribution in [0.4, 0.5) is 4.79 Å². The molecule has 6 rings (SSSR count). The van der Waals surface area contributed by atoms with Gasteiger partial charge in [0.25, 0.3) is 5.91 Å². The second-order valence-corrected chi connectivity index (χ2v) is 18.1. The van der Waals surface area contributed by atoms with Crippen LogP contribution in [0.1, 0.15) is 66.2 Å². The minimum Gasteiger partial charge on any atom is -0.497 e. The van der Waals surface area contributed by atoms with Crippen molar-refractivity contribution in [1.82, 2.24) is 25.2 Å². The van der Waals surface area contributed by atoms with E-state index in [9.17, 15) is 32.7 Å². The highest BCUT2D eigenvalue weighted by molar-refractivity contribution is 7.91. The molecular formula is C42H49N5O9S. The van der Waals surface area contributed by atoms with E-state index in [0.717, 1.165) is 5.56 Å². The van der Waals surface area contributed by atoms with Gasteiger partial charge in [0.1, 0.15) is 40.0 Å². The first-order valence-corrected chi connectivity index (χ1v) is 20.4. The Kier molecular flexibility index (Phi) is 11.3. The highest BCUT2D eigenvalue weighted by Crippen LogP contribution is 2.48. The molecule has 4 amide bonds. The normalized spacial score (nSPS) is 22.6. The largest absolute Gasteiger partial charge is 0.497 e. The second-order valence-electron chi connectivity index (χ2n) is 16.0. The van der Waals surface area contributed by atoms with Crippen LogP contribution in [0.5, 0.6) is 11.5 Å². The van der Waals surface area contributed by atoms with Crippen LogP contribution in [0, 0.1) is 23.2 Å². The molecule has 57 heavy (non-hydrogen) atoms. The maximum Gasteiger partial charge on any atom is 0.405 e. The molecule has 5 atom stereocenters. The highest BCUT2D eigenvalue weighted by atomic mass is 32.2. The van der Waals surface area contributed by atoms with Crippen molar-refractivity contribution in [2.24, 2.45) is 11.3 Å². The van der Waals surface area contributed by atoms with E-state index < -0.39 is 73.6 Å². The van der Waals surface area contributed by atoms with E-state index in [-0.39, 0.29) is 25.8 Å². The Hall–Kier alpha value is -5.62. The third-order valence-electron chi connectivity index (χ3n) is 10.9. The van der Waals surface area contributed by atoms with Crippen molar-refractivity contribution in [3.8, 4) is 34.6 Å². The van der Waals surface area contributed by atoms with E-state index in [4.69, 9.17) is 14.5 Å². The van der Waals surface area contributed by atoms with E-state index >= 15 is 0 Å². The lowest BCUT2D eigenvalue weighted by atomic mass is 9.85. The number of methoxy groups -OCH3 is 1. The number of hydrogen-bond donors (Lipinski definition) is 4. The molecule has 0 spiro atoms. The van der Waals surface area contributed by atoms with Gasteiger partial charge in [0.15, 0.2) is 0 Å². The minimum atomic E-state index is -4.16. The van der Waals surface area contributed by atoms with Crippen molar-refractivity contribution in [2.45, 2.75) is 94.7 Å². The van der Waals surface area contributed by atoms with Crippen molar-refractivity contribution in [1.29, 1.82) is 0 Å². The average molecular weight is 800 g/mol. The predicted octanol–water partition coefficient (Wildman–Crippen LogP) is 4.78. The molecule has 5 unspecified atom stereocenters. The van der Waals surface area contributed by atoms with Crippen LogP contribution < -0.4 is 24.8 Å². The number of sulfonamides is 1. The summed E-state index contributed by atoms with van der Waals surface area (Å²) in [4.78, 5) is 60.7. The standard InChI is InChI=1S/C42H49N5O9S/c1-7-9-13-18-41(19-20-41)57(53,54)46-38(50)42(24-27(42)8-2)45-36(48)33-22-29(25-47(33)37(49)35(40(3,4)5)44-39(51)52)56-34-23-31(26-14-11-10-12-15-26)43-32-21-28(55-6)16-17-30(32)34/h8,10-12,14-17,21,23,27,29,33,35,44H,2,7,18-20,22,24-25H2,1,3-6H3,(H,45,48)(H,46,50)(H,51,52). The number of ether oxygens (including phenoxy) is 2. The van der Waals surface area contributed by atoms with Crippen molar-refractivity contribution in [3.63, 3.8) is 0 Å². The van der Waals surface area contributed by atoms with Crippen molar-refractivity contribution < 1.29 is 42.2 Å². The summed E-state index contributed by atoms with van der Waals surface area (Å²) in [6.45, 7) is 10.7. The molecule has 4 N–H and O–H groups in total. The maximum atomic E-state index is 14.4. The Bertz CT molecular complexity index is 2260. The van der Waals surface area contributed by atoms with Gasteiger partial charge in [-0.3, -0.25) is 19.1 Å². The lowest BCUT2D eigenvalue weighted by molar-refractivity contribution is -0.142. The summed E-state index contributed by atoms with van der Waals surface area (Å²) in [6.07, 6.45) is 0.707. The van der Waals surface area contributed by atoms with Gasteiger partial charge in [-0.2, -0.15) is 0 Å². The number of aromatic nitrogens is 1. The number of fused-ring (bicyclic) bond motifs is 1. The fourth-order valence-corrected chi connectivity index (χ4v) is 8.88. The van der Waals surface area contributed by atoms with Crippen LogP contribution in [0.25, 0.3) is 22.2 Å². The van der Waals surface area contributed by atoms with Crippen LogP contribution in [0.2, 0.25) is 0 Å². The number of carbonyl (C=O) groups is 4. The fourth-order valence-electron chi connectivity index (χ4n) is 7.34. The first-order chi connectivity index (χ1) is 27.0. The van der Waals surface area contributed by atoms with Crippen molar-refractivity contribution in [2.75, 3.05) is 13.7 Å². The Morgan fingerprint density at radius 1 is 1.11 bits per heavy atom. The Labute approximate surface area is 332 Å². The number of carboxylic acid groups (broad SMARTS) is 1. The third kappa shape index (κ3) is 8.41. The molecule has 1 saturated heterocycles. The number of rotatable bonds is 13. The molecule has 3 aromatic rings. The maximum absolute atomic E-state index is 14.4. The van der Waals surface area contributed by atoms with Crippen molar-refractivity contribution >= 4 is 44.7 Å². The number of nitrogens with one attached hydrogen (secondary N) is 3. The summed E-state index contributed by atoms with van der Waals surface area (Å²) in [6, 6.07) is 14.1. The topological polar surface area (TPSA) is 193 Å². The number of pyridine rings is 1. The molecule has 0 bridgehead atoms. The van der Waals surface area contributed by atoms with E-state index in [1.165, 1.54) is 11.0 Å². The van der Waals surface area contributed by atoms with Crippen LogP contribution in [0.15, 0.2) is 67.3 Å². The number of nitrogens with zero attached hydrogens (tertiary/aromatic N) is 2. The number of carbonyl (C=O) groups excluding carboxylic acids is 3. The molecule has 2 aliphatic carbocycles. The first-order valence-electron chi connectivity index (χ1n) is 19.0. The molecule has 302 valence electrons. The quantitative estimate of drug-likeness (QED) is 0.138. The highest BCUT2D eigenvalue weighted by Gasteiger charge is 2.63. The molecule has 0 radical (unpaired) electrons. The Morgan fingerprint density at radius 3 is 2.42 bits per heavy atom. The fraction of sp³-hybridized carbons (Fsp3) is 0.452. The van der Waals surface area contributed by atoms with Gasteiger partial charge in [-0.1, -0.05) is 64.1 Å². The summed E-state index contributed by atoms with van der Waals surface area (Å²) in [5, 5.41) is 15.5. The SMILES string of the molecule is C=CC1CC1(NC(=O)C1CC(Oc2cc(-c3ccccc3)nc3cc(OC)ccc23)CN1C(=O)C(NC(=O)O)C(C)(C)C)C(=O)NS(=O)(=O)C1(CC#CCC)CC1. The van der Waals surface area contributed by atoms with Gasteiger partial charge in [0.2, 0.25) is 21.8 Å². The zero-order chi connectivity index (χ0) is 41.3. The monoisotopic (exact) mass is 799 g/mol. The molecule has 2 saturated carbocycles. The molecule has 3 fully saturated rings. The van der Waals surface area contributed by atoms with E-state index in [1.807, 2.05) is 37.3 Å². The van der Waals surface area contributed by atoms with Gasteiger partial charge < -0.3 is 30.1 Å². The molecule has 2 aromatic carbocycles. The van der Waals surface area contributed by atoms with Crippen LogP contribution >= 0.6 is 0 Å². The van der Waals surface area contributed by atoms with Gasteiger partial charge >= 0.3 is 6.09 Å². The van der Waals surface area contributed by atoms with Gasteiger partial charge in [-0.05, 0) is 36.8 Å². The Morgan fingerprint density at radius 2 is 1.82 bits per heavy atom. The smallest absolute Gasteiger partial charge is 0.405 e. The average Bonchev–Trinajstić information content (AvgIpc) is 4.08. The van der Waals surface area contributed by atoms with Gasteiger partial charge in [-0.15, -0.1) is 18.4 Å². The summed E-state index contributed by atoms with van der Waals surface area (Å²) >= 11 is 0. The summed E-state index contributed by atoms with van der Waals surface area (Å²) < 4.78 is 40.2. The van der Waals surface area contributed by atoms with Gasteiger partial charge in [-0.25, -0.2) is 18.2 Å². The Balaban J connectivity index is 1.32.